The van der Waals surface area contributed by atoms with Gasteiger partial charge in [-0.15, -0.1) is 0 Å². The van der Waals surface area contributed by atoms with Crippen LogP contribution in [0.3, 0.4) is 0 Å². The number of piperazine rings is 1. The minimum Gasteiger partial charge on any atom is -0.491 e. The summed E-state index contributed by atoms with van der Waals surface area (Å²) in [6.07, 6.45) is 0. The van der Waals surface area contributed by atoms with Crippen LogP contribution >= 0.6 is 11.6 Å². The molecular formula is C26H26ClN3O. The van der Waals surface area contributed by atoms with E-state index in [9.17, 15) is 5.26 Å². The lowest BCUT2D eigenvalue weighted by Gasteiger charge is -2.39. The number of hydrogen-bond acceptors (Lipinski definition) is 4. The van der Waals surface area contributed by atoms with E-state index in [0.717, 1.165) is 37.7 Å². The van der Waals surface area contributed by atoms with E-state index >= 15 is 0 Å². The molecule has 158 valence electrons. The minimum atomic E-state index is 0.222. The molecule has 5 heteroatoms. The molecule has 0 bridgehead atoms. The number of nitrogens with zero attached hydrogens (tertiary/aromatic N) is 3. The van der Waals surface area contributed by atoms with E-state index in [0.29, 0.717) is 17.9 Å². The normalized spacial score (nSPS) is 15.9. The van der Waals surface area contributed by atoms with Gasteiger partial charge >= 0.3 is 0 Å². The molecule has 1 atom stereocenters. The summed E-state index contributed by atoms with van der Waals surface area (Å²) < 4.78 is 5.86. The number of benzene rings is 3. The Hall–Kier alpha value is -2.84. The summed E-state index contributed by atoms with van der Waals surface area (Å²) in [5.41, 5.74) is 3.15. The number of halogens is 1. The van der Waals surface area contributed by atoms with Crippen molar-refractivity contribution in [3.63, 3.8) is 0 Å². The molecule has 0 N–H and O–H groups in total. The zero-order chi connectivity index (χ0) is 21.5. The van der Waals surface area contributed by atoms with Crippen molar-refractivity contribution >= 4 is 11.6 Å². The van der Waals surface area contributed by atoms with Gasteiger partial charge in [-0.05, 0) is 35.4 Å². The number of rotatable bonds is 7. The van der Waals surface area contributed by atoms with Gasteiger partial charge in [0.05, 0.1) is 11.6 Å². The van der Waals surface area contributed by atoms with E-state index in [1.165, 1.54) is 11.1 Å². The van der Waals surface area contributed by atoms with Gasteiger partial charge in [0.25, 0.3) is 0 Å². The summed E-state index contributed by atoms with van der Waals surface area (Å²) in [6, 6.07) is 28.7. The second-order valence-corrected chi connectivity index (χ2v) is 8.14. The molecule has 1 aliphatic heterocycles. The Balaban J connectivity index is 1.37. The lowest BCUT2D eigenvalue weighted by Crippen LogP contribution is -2.48. The molecule has 1 fully saturated rings. The summed E-state index contributed by atoms with van der Waals surface area (Å²) in [7, 11) is 0. The Morgan fingerprint density at radius 3 is 2.19 bits per heavy atom. The Kier molecular flexibility index (Phi) is 7.22. The highest BCUT2D eigenvalue weighted by Crippen LogP contribution is 2.30. The van der Waals surface area contributed by atoms with Crippen LogP contribution in [0, 0.1) is 11.3 Å². The highest BCUT2D eigenvalue weighted by atomic mass is 35.5. The zero-order valence-electron chi connectivity index (χ0n) is 17.5. The lowest BCUT2D eigenvalue weighted by atomic mass is 9.96. The standard InChI is InChI=1S/C26H26ClN3O/c27-24-12-10-22(11-13-24)26(21-6-2-1-3-7-21)30-16-14-29(15-17-30)18-19-31-25-9-5-4-8-23(25)20-28/h1-13,26H,14-19H2. The maximum absolute atomic E-state index is 9.20. The van der Waals surface area contributed by atoms with Crippen LogP contribution in [0.2, 0.25) is 5.02 Å². The minimum absolute atomic E-state index is 0.222. The van der Waals surface area contributed by atoms with Crippen LogP contribution in [0.25, 0.3) is 0 Å². The summed E-state index contributed by atoms with van der Waals surface area (Å²) in [5, 5.41) is 9.96. The van der Waals surface area contributed by atoms with E-state index in [1.807, 2.05) is 30.3 Å². The van der Waals surface area contributed by atoms with Crippen molar-refractivity contribution in [2.24, 2.45) is 0 Å². The Labute approximate surface area is 189 Å². The van der Waals surface area contributed by atoms with Crippen LogP contribution in [0.4, 0.5) is 0 Å². The first kappa shape index (κ1) is 21.4. The molecule has 4 nitrogen and oxygen atoms in total. The third kappa shape index (κ3) is 5.45. The third-order valence-electron chi connectivity index (χ3n) is 5.75. The maximum atomic E-state index is 9.20. The molecule has 1 aliphatic rings. The predicted octanol–water partition coefficient (Wildman–Crippen LogP) is 5.00. The Morgan fingerprint density at radius 2 is 1.48 bits per heavy atom. The van der Waals surface area contributed by atoms with E-state index in [2.05, 4.69) is 58.3 Å². The smallest absolute Gasteiger partial charge is 0.137 e. The highest BCUT2D eigenvalue weighted by molar-refractivity contribution is 6.30. The van der Waals surface area contributed by atoms with Gasteiger partial charge in [0.1, 0.15) is 18.4 Å². The summed E-state index contributed by atoms with van der Waals surface area (Å²) in [5.74, 6) is 0.663. The van der Waals surface area contributed by atoms with Crippen LogP contribution < -0.4 is 4.74 Å². The number of para-hydroxylation sites is 1. The first-order valence-corrected chi connectivity index (χ1v) is 11.0. The van der Waals surface area contributed by atoms with Crippen molar-refractivity contribution in [3.05, 3.63) is 101 Å². The van der Waals surface area contributed by atoms with Crippen molar-refractivity contribution in [1.82, 2.24) is 9.80 Å². The monoisotopic (exact) mass is 431 g/mol. The highest BCUT2D eigenvalue weighted by Gasteiger charge is 2.26. The van der Waals surface area contributed by atoms with Crippen LogP contribution in [-0.2, 0) is 0 Å². The van der Waals surface area contributed by atoms with Crippen molar-refractivity contribution in [2.75, 3.05) is 39.3 Å². The van der Waals surface area contributed by atoms with Crippen LogP contribution in [0.1, 0.15) is 22.7 Å². The lowest BCUT2D eigenvalue weighted by molar-refractivity contribution is 0.0977. The summed E-state index contributed by atoms with van der Waals surface area (Å²) in [4.78, 5) is 4.97. The Bertz CT molecular complexity index is 1010. The molecule has 0 amide bonds. The zero-order valence-corrected chi connectivity index (χ0v) is 18.2. The van der Waals surface area contributed by atoms with Gasteiger partial charge in [-0.2, -0.15) is 5.26 Å². The van der Waals surface area contributed by atoms with Gasteiger partial charge in [0.2, 0.25) is 0 Å². The van der Waals surface area contributed by atoms with E-state index in [4.69, 9.17) is 16.3 Å². The van der Waals surface area contributed by atoms with Gasteiger partial charge in [0, 0.05) is 37.7 Å². The second-order valence-electron chi connectivity index (χ2n) is 7.70. The molecule has 0 spiro atoms. The molecule has 1 heterocycles. The van der Waals surface area contributed by atoms with E-state index < -0.39 is 0 Å². The molecule has 1 unspecified atom stereocenters. The third-order valence-corrected chi connectivity index (χ3v) is 6.00. The molecule has 0 radical (unpaired) electrons. The number of hydrogen-bond donors (Lipinski definition) is 0. The first-order valence-electron chi connectivity index (χ1n) is 10.6. The molecule has 1 saturated heterocycles. The SMILES string of the molecule is N#Cc1ccccc1OCCN1CCN(C(c2ccccc2)c2ccc(Cl)cc2)CC1. The van der Waals surface area contributed by atoms with Crippen LogP contribution in [-0.4, -0.2) is 49.1 Å². The second kappa shape index (κ2) is 10.5. The fraction of sp³-hybridized carbons (Fsp3) is 0.269. The molecule has 4 rings (SSSR count). The molecule has 3 aromatic rings. The number of nitriles is 1. The molecular weight excluding hydrogens is 406 g/mol. The fourth-order valence-corrected chi connectivity index (χ4v) is 4.24. The van der Waals surface area contributed by atoms with Gasteiger partial charge in [0.15, 0.2) is 0 Å². The predicted molar refractivity (Wildman–Crippen MR) is 124 cm³/mol. The quantitative estimate of drug-likeness (QED) is 0.528. The van der Waals surface area contributed by atoms with Crippen molar-refractivity contribution in [3.8, 4) is 11.8 Å². The van der Waals surface area contributed by atoms with Crippen molar-refractivity contribution < 1.29 is 4.74 Å². The average molecular weight is 432 g/mol. The van der Waals surface area contributed by atoms with Gasteiger partial charge in [-0.1, -0.05) is 66.2 Å². The van der Waals surface area contributed by atoms with Gasteiger partial charge < -0.3 is 4.74 Å². The van der Waals surface area contributed by atoms with Gasteiger partial charge in [-0.25, -0.2) is 0 Å². The maximum Gasteiger partial charge on any atom is 0.137 e. The molecule has 31 heavy (non-hydrogen) atoms. The van der Waals surface area contributed by atoms with Crippen LogP contribution in [0.5, 0.6) is 5.75 Å². The molecule has 3 aromatic carbocycles. The Morgan fingerprint density at radius 1 is 0.839 bits per heavy atom. The molecule has 0 saturated carbocycles. The largest absolute Gasteiger partial charge is 0.491 e. The first-order chi connectivity index (χ1) is 15.2. The van der Waals surface area contributed by atoms with Crippen LogP contribution in [0.15, 0.2) is 78.9 Å². The average Bonchev–Trinajstić information content (AvgIpc) is 2.82. The topological polar surface area (TPSA) is 39.5 Å². The van der Waals surface area contributed by atoms with E-state index in [1.54, 1.807) is 6.07 Å². The molecule has 0 aliphatic carbocycles. The van der Waals surface area contributed by atoms with E-state index in [-0.39, 0.29) is 6.04 Å². The summed E-state index contributed by atoms with van der Waals surface area (Å²) >= 11 is 6.13. The fourth-order valence-electron chi connectivity index (χ4n) is 4.11. The van der Waals surface area contributed by atoms with Crippen molar-refractivity contribution in [1.29, 1.82) is 5.26 Å². The number of ether oxygens (including phenoxy) is 1. The van der Waals surface area contributed by atoms with Crippen molar-refractivity contribution in [2.45, 2.75) is 6.04 Å². The summed E-state index contributed by atoms with van der Waals surface area (Å²) in [6.45, 7) is 5.37. The molecule has 0 aromatic heterocycles. The van der Waals surface area contributed by atoms with Gasteiger partial charge in [-0.3, -0.25) is 9.80 Å².